The summed E-state index contributed by atoms with van der Waals surface area (Å²) in [7, 11) is -1.58. The lowest BCUT2D eigenvalue weighted by atomic mass is 10.3. The van der Waals surface area contributed by atoms with Crippen LogP contribution in [0.2, 0.25) is 0 Å². The molecule has 19 heavy (non-hydrogen) atoms. The number of sulfonamides is 1. The molecule has 0 atom stereocenters. The minimum absolute atomic E-state index is 0.475. The molecule has 2 saturated carbocycles. The van der Waals surface area contributed by atoms with Gasteiger partial charge in [0.25, 0.3) is 10.0 Å². The normalized spacial score (nSPS) is 20.1. The van der Waals surface area contributed by atoms with E-state index in [1.54, 1.807) is 7.05 Å². The Morgan fingerprint density at radius 2 is 2.11 bits per heavy atom. The lowest BCUT2D eigenvalue weighted by Crippen LogP contribution is -2.28. The van der Waals surface area contributed by atoms with Gasteiger partial charge in [0.1, 0.15) is 4.21 Å². The molecule has 1 aromatic heterocycles. The van der Waals surface area contributed by atoms with Gasteiger partial charge in [0, 0.05) is 26.2 Å². The fourth-order valence-corrected chi connectivity index (χ4v) is 4.71. The van der Waals surface area contributed by atoms with E-state index in [2.05, 4.69) is 5.32 Å². The van der Waals surface area contributed by atoms with Gasteiger partial charge in [-0.1, -0.05) is 0 Å². The predicted octanol–water partition coefficient (Wildman–Crippen LogP) is 2.03. The average molecular weight is 300 g/mol. The highest BCUT2D eigenvalue weighted by molar-refractivity contribution is 7.91. The zero-order chi connectivity index (χ0) is 13.5. The SMILES string of the molecule is CN(CC1CC1)S(=O)(=O)c1cc(CNC2CC2)cs1. The van der Waals surface area contributed by atoms with Crippen molar-refractivity contribution in [3.8, 4) is 0 Å². The molecule has 106 valence electrons. The van der Waals surface area contributed by atoms with Crippen molar-refractivity contribution in [1.82, 2.24) is 9.62 Å². The molecule has 0 aromatic carbocycles. The number of hydrogen-bond donors (Lipinski definition) is 1. The molecule has 0 spiro atoms. The summed E-state index contributed by atoms with van der Waals surface area (Å²) >= 11 is 1.33. The van der Waals surface area contributed by atoms with Gasteiger partial charge in [-0.25, -0.2) is 8.42 Å². The van der Waals surface area contributed by atoms with Gasteiger partial charge in [0.2, 0.25) is 0 Å². The van der Waals surface area contributed by atoms with Gasteiger partial charge in [-0.15, -0.1) is 11.3 Å². The van der Waals surface area contributed by atoms with E-state index in [-0.39, 0.29) is 0 Å². The van der Waals surface area contributed by atoms with Crippen LogP contribution in [0.25, 0.3) is 0 Å². The smallest absolute Gasteiger partial charge is 0.252 e. The van der Waals surface area contributed by atoms with Crippen LogP contribution in [0.3, 0.4) is 0 Å². The van der Waals surface area contributed by atoms with Crippen LogP contribution in [0, 0.1) is 5.92 Å². The standard InChI is InChI=1S/C13H20N2O2S2/c1-15(8-10-2-3-10)19(16,17)13-6-11(9-18-13)7-14-12-4-5-12/h6,9-10,12,14H,2-5,7-8H2,1H3. The summed E-state index contributed by atoms with van der Waals surface area (Å²) in [4.78, 5) is 0. The first-order valence-corrected chi connectivity index (χ1v) is 9.15. The summed E-state index contributed by atoms with van der Waals surface area (Å²) in [6.45, 7) is 1.44. The van der Waals surface area contributed by atoms with Crippen LogP contribution in [-0.2, 0) is 16.6 Å². The monoisotopic (exact) mass is 300 g/mol. The van der Waals surface area contributed by atoms with E-state index in [0.717, 1.165) is 12.1 Å². The maximum atomic E-state index is 12.4. The molecule has 2 aliphatic rings. The van der Waals surface area contributed by atoms with Crippen LogP contribution in [0.5, 0.6) is 0 Å². The summed E-state index contributed by atoms with van der Waals surface area (Å²) < 4.78 is 26.7. The highest BCUT2D eigenvalue weighted by atomic mass is 32.2. The molecule has 0 saturated heterocycles. The molecule has 0 amide bonds. The minimum Gasteiger partial charge on any atom is -0.310 e. The third kappa shape index (κ3) is 3.37. The van der Waals surface area contributed by atoms with E-state index in [1.165, 1.54) is 41.3 Å². The molecule has 2 aliphatic carbocycles. The Balaban J connectivity index is 1.65. The molecule has 4 nitrogen and oxygen atoms in total. The van der Waals surface area contributed by atoms with E-state index < -0.39 is 10.0 Å². The molecule has 1 heterocycles. The maximum Gasteiger partial charge on any atom is 0.252 e. The minimum atomic E-state index is -3.27. The molecule has 3 rings (SSSR count). The van der Waals surface area contributed by atoms with E-state index in [4.69, 9.17) is 0 Å². The van der Waals surface area contributed by atoms with Gasteiger partial charge in [0.15, 0.2) is 0 Å². The molecular formula is C13H20N2O2S2. The molecule has 0 bridgehead atoms. The fourth-order valence-electron chi connectivity index (χ4n) is 2.05. The number of thiophene rings is 1. The largest absolute Gasteiger partial charge is 0.310 e. The van der Waals surface area contributed by atoms with Gasteiger partial charge in [-0.3, -0.25) is 0 Å². The Bertz CT molecular complexity index is 545. The van der Waals surface area contributed by atoms with E-state index in [1.807, 2.05) is 11.4 Å². The second-order valence-corrected chi connectivity index (χ2v) is 8.84. The maximum absolute atomic E-state index is 12.4. The predicted molar refractivity (Wildman–Crippen MR) is 76.7 cm³/mol. The molecule has 0 aliphatic heterocycles. The molecule has 1 N–H and O–H groups in total. The Kier molecular flexibility index (Phi) is 3.68. The van der Waals surface area contributed by atoms with Crippen LogP contribution < -0.4 is 5.32 Å². The zero-order valence-corrected chi connectivity index (χ0v) is 12.8. The van der Waals surface area contributed by atoms with Crippen molar-refractivity contribution in [2.75, 3.05) is 13.6 Å². The third-order valence-corrected chi connectivity index (χ3v) is 6.97. The van der Waals surface area contributed by atoms with Gasteiger partial charge in [-0.05, 0) is 48.6 Å². The molecule has 0 radical (unpaired) electrons. The number of rotatable bonds is 7. The van der Waals surface area contributed by atoms with Crippen LogP contribution in [0.15, 0.2) is 15.7 Å². The molecular weight excluding hydrogens is 280 g/mol. The lowest BCUT2D eigenvalue weighted by Gasteiger charge is -2.15. The summed E-state index contributed by atoms with van der Waals surface area (Å²) in [6.07, 6.45) is 4.83. The van der Waals surface area contributed by atoms with Crippen molar-refractivity contribution in [3.05, 3.63) is 17.0 Å². The second kappa shape index (κ2) is 5.16. The molecule has 6 heteroatoms. The van der Waals surface area contributed by atoms with Crippen LogP contribution in [0.4, 0.5) is 0 Å². The quantitative estimate of drug-likeness (QED) is 0.838. The Morgan fingerprint density at radius 3 is 2.74 bits per heavy atom. The topological polar surface area (TPSA) is 49.4 Å². The summed E-state index contributed by atoms with van der Waals surface area (Å²) in [5.74, 6) is 0.579. The number of nitrogens with one attached hydrogen (secondary N) is 1. The average Bonchev–Trinajstić information content (AvgIpc) is 3.29. The zero-order valence-electron chi connectivity index (χ0n) is 11.1. The van der Waals surface area contributed by atoms with Gasteiger partial charge >= 0.3 is 0 Å². The van der Waals surface area contributed by atoms with Crippen molar-refractivity contribution in [2.24, 2.45) is 5.92 Å². The van der Waals surface area contributed by atoms with Crippen molar-refractivity contribution < 1.29 is 8.42 Å². The molecule has 2 fully saturated rings. The van der Waals surface area contributed by atoms with Crippen LogP contribution in [-0.4, -0.2) is 32.4 Å². The molecule has 0 unspecified atom stereocenters. The van der Waals surface area contributed by atoms with Gasteiger partial charge < -0.3 is 5.32 Å². The summed E-state index contributed by atoms with van der Waals surface area (Å²) in [6, 6.07) is 2.47. The van der Waals surface area contributed by atoms with Crippen molar-refractivity contribution in [3.63, 3.8) is 0 Å². The van der Waals surface area contributed by atoms with Crippen LogP contribution >= 0.6 is 11.3 Å². The lowest BCUT2D eigenvalue weighted by molar-refractivity contribution is 0.454. The second-order valence-electron chi connectivity index (χ2n) is 5.66. The third-order valence-electron chi connectivity index (χ3n) is 3.68. The first-order valence-electron chi connectivity index (χ1n) is 6.83. The van der Waals surface area contributed by atoms with Crippen molar-refractivity contribution >= 4 is 21.4 Å². The highest BCUT2D eigenvalue weighted by Gasteiger charge is 2.30. The Morgan fingerprint density at radius 1 is 1.37 bits per heavy atom. The first-order chi connectivity index (χ1) is 9.05. The van der Waals surface area contributed by atoms with E-state index in [9.17, 15) is 8.42 Å². The summed E-state index contributed by atoms with van der Waals surface area (Å²) in [5.41, 5.74) is 1.08. The van der Waals surface area contributed by atoms with E-state index in [0.29, 0.717) is 22.7 Å². The Labute approximate surface area is 118 Å². The Hall–Kier alpha value is -0.430. The highest BCUT2D eigenvalue weighted by Crippen LogP contribution is 2.32. The van der Waals surface area contributed by atoms with Gasteiger partial charge in [-0.2, -0.15) is 4.31 Å². The fraction of sp³-hybridized carbons (Fsp3) is 0.692. The molecule has 1 aromatic rings. The van der Waals surface area contributed by atoms with Gasteiger partial charge in [0.05, 0.1) is 0 Å². The summed E-state index contributed by atoms with van der Waals surface area (Å²) in [5, 5.41) is 5.36. The van der Waals surface area contributed by atoms with E-state index >= 15 is 0 Å². The number of nitrogens with zero attached hydrogens (tertiary/aromatic N) is 1. The first kappa shape index (κ1) is 13.5. The van der Waals surface area contributed by atoms with Crippen molar-refractivity contribution in [1.29, 1.82) is 0 Å². The van der Waals surface area contributed by atoms with Crippen LogP contribution in [0.1, 0.15) is 31.2 Å². The van der Waals surface area contributed by atoms with Crippen molar-refractivity contribution in [2.45, 2.75) is 42.5 Å². The number of hydrogen-bond acceptors (Lipinski definition) is 4.